The Morgan fingerprint density at radius 3 is 2.36 bits per heavy atom. The average Bonchev–Trinajstić information content (AvgIpc) is 3.04. The number of hydrogen-bond acceptors (Lipinski definition) is 5. The average molecular weight is 352 g/mol. The molecule has 5 nitrogen and oxygen atoms in total. The highest BCUT2D eigenvalue weighted by molar-refractivity contribution is 7.15. The lowest BCUT2D eigenvalue weighted by atomic mass is 10.1. The van der Waals surface area contributed by atoms with Crippen molar-refractivity contribution in [3.63, 3.8) is 0 Å². The van der Waals surface area contributed by atoms with Crippen molar-refractivity contribution in [1.29, 1.82) is 0 Å². The summed E-state index contributed by atoms with van der Waals surface area (Å²) in [5, 5.41) is 3.64. The molecule has 3 aromatic rings. The second-order valence-electron chi connectivity index (χ2n) is 5.30. The summed E-state index contributed by atoms with van der Waals surface area (Å²) in [5.41, 5.74) is 2.36. The highest BCUT2D eigenvalue weighted by Crippen LogP contribution is 2.30. The number of esters is 1. The highest BCUT2D eigenvalue weighted by atomic mass is 32.1. The maximum absolute atomic E-state index is 12.6. The Kier molecular flexibility index (Phi) is 4.90. The van der Waals surface area contributed by atoms with Crippen LogP contribution < -0.4 is 5.32 Å². The molecule has 0 aliphatic rings. The Morgan fingerprint density at radius 1 is 1.04 bits per heavy atom. The maximum atomic E-state index is 12.6. The number of anilines is 1. The first-order valence-electron chi connectivity index (χ1n) is 7.61. The van der Waals surface area contributed by atoms with Crippen LogP contribution in [-0.2, 0) is 4.74 Å². The van der Waals surface area contributed by atoms with Crippen LogP contribution in [0.25, 0.3) is 10.4 Å². The van der Waals surface area contributed by atoms with Gasteiger partial charge in [-0.05, 0) is 36.8 Å². The number of aryl methyl sites for hydroxylation is 1. The topological polar surface area (TPSA) is 68.3 Å². The van der Waals surface area contributed by atoms with Crippen molar-refractivity contribution < 1.29 is 14.3 Å². The molecule has 6 heteroatoms. The summed E-state index contributed by atoms with van der Waals surface area (Å²) in [6.07, 6.45) is 0. The summed E-state index contributed by atoms with van der Waals surface area (Å²) >= 11 is 1.48. The van der Waals surface area contributed by atoms with E-state index >= 15 is 0 Å². The fourth-order valence-corrected chi connectivity index (χ4v) is 3.29. The van der Waals surface area contributed by atoms with Gasteiger partial charge in [0, 0.05) is 5.69 Å². The molecule has 0 radical (unpaired) electrons. The molecule has 0 bridgehead atoms. The first kappa shape index (κ1) is 16.9. The molecule has 0 fully saturated rings. The molecule has 0 spiro atoms. The fraction of sp³-hybridized carbons (Fsp3) is 0.105. The normalized spacial score (nSPS) is 10.3. The number of ether oxygens (including phenoxy) is 1. The molecule has 0 saturated heterocycles. The Balaban J connectivity index is 1.84. The molecule has 126 valence electrons. The van der Waals surface area contributed by atoms with E-state index in [1.807, 2.05) is 37.3 Å². The first-order valence-corrected chi connectivity index (χ1v) is 8.42. The van der Waals surface area contributed by atoms with E-state index in [1.54, 1.807) is 24.3 Å². The van der Waals surface area contributed by atoms with Gasteiger partial charge >= 0.3 is 5.97 Å². The van der Waals surface area contributed by atoms with Crippen molar-refractivity contribution in [1.82, 2.24) is 4.98 Å². The third kappa shape index (κ3) is 3.75. The molecule has 1 N–H and O–H groups in total. The molecule has 1 amide bonds. The zero-order chi connectivity index (χ0) is 17.8. The van der Waals surface area contributed by atoms with E-state index in [2.05, 4.69) is 15.0 Å². The van der Waals surface area contributed by atoms with Crippen LogP contribution >= 0.6 is 11.3 Å². The molecule has 1 heterocycles. The molecule has 0 aliphatic carbocycles. The van der Waals surface area contributed by atoms with E-state index in [1.165, 1.54) is 18.4 Å². The number of nitrogens with one attached hydrogen (secondary N) is 1. The maximum Gasteiger partial charge on any atom is 0.337 e. The van der Waals surface area contributed by atoms with Crippen LogP contribution in [0.3, 0.4) is 0 Å². The minimum Gasteiger partial charge on any atom is -0.465 e. The Morgan fingerprint density at radius 2 is 1.72 bits per heavy atom. The number of carbonyl (C=O) groups excluding carboxylic acids is 2. The van der Waals surface area contributed by atoms with Gasteiger partial charge < -0.3 is 10.1 Å². The zero-order valence-corrected chi connectivity index (χ0v) is 14.6. The third-order valence-corrected chi connectivity index (χ3v) is 4.57. The molecule has 0 atom stereocenters. The first-order chi connectivity index (χ1) is 12.1. The van der Waals surface area contributed by atoms with E-state index < -0.39 is 5.97 Å². The van der Waals surface area contributed by atoms with Gasteiger partial charge in [0.2, 0.25) is 0 Å². The molecule has 2 aromatic carbocycles. The van der Waals surface area contributed by atoms with Gasteiger partial charge in [-0.3, -0.25) is 4.79 Å². The Labute approximate surface area is 149 Å². The number of amides is 1. The number of carbonyl (C=O) groups is 2. The largest absolute Gasteiger partial charge is 0.465 e. The summed E-state index contributed by atoms with van der Waals surface area (Å²) in [5.74, 6) is -0.701. The van der Waals surface area contributed by atoms with Crippen LogP contribution in [0.2, 0.25) is 0 Å². The van der Waals surface area contributed by atoms with Crippen molar-refractivity contribution in [2.45, 2.75) is 6.92 Å². The zero-order valence-electron chi connectivity index (χ0n) is 13.8. The predicted molar refractivity (Wildman–Crippen MR) is 98.0 cm³/mol. The van der Waals surface area contributed by atoms with E-state index in [0.29, 0.717) is 16.9 Å². The number of nitrogens with zero attached hydrogens (tertiary/aromatic N) is 1. The number of benzene rings is 2. The van der Waals surface area contributed by atoms with Gasteiger partial charge in [0.1, 0.15) is 5.69 Å². The summed E-state index contributed by atoms with van der Waals surface area (Å²) in [4.78, 5) is 29.3. The number of hydrogen-bond donors (Lipinski definition) is 1. The van der Waals surface area contributed by atoms with E-state index in [-0.39, 0.29) is 5.91 Å². The quantitative estimate of drug-likeness (QED) is 0.716. The number of aromatic nitrogens is 1. The summed E-state index contributed by atoms with van der Waals surface area (Å²) in [6, 6.07) is 16.2. The highest BCUT2D eigenvalue weighted by Gasteiger charge is 2.18. The van der Waals surface area contributed by atoms with Gasteiger partial charge in [-0.1, -0.05) is 30.3 Å². The molecule has 0 unspecified atom stereocenters. The van der Waals surface area contributed by atoms with Gasteiger partial charge in [-0.15, -0.1) is 11.3 Å². The SMILES string of the molecule is COC(=O)c1ccc(NC(=O)c2nc(C)sc2-c2ccccc2)cc1. The minimum absolute atomic E-state index is 0.283. The van der Waals surface area contributed by atoms with Gasteiger partial charge in [0.25, 0.3) is 5.91 Å². The minimum atomic E-state index is -0.417. The van der Waals surface area contributed by atoms with E-state index in [9.17, 15) is 9.59 Å². The second-order valence-corrected chi connectivity index (χ2v) is 6.50. The van der Waals surface area contributed by atoms with Gasteiger partial charge in [0.05, 0.1) is 22.6 Å². The molecule has 25 heavy (non-hydrogen) atoms. The van der Waals surface area contributed by atoms with Gasteiger partial charge in [0.15, 0.2) is 0 Å². The molecular formula is C19H16N2O3S. The van der Waals surface area contributed by atoms with Crippen LogP contribution in [-0.4, -0.2) is 24.0 Å². The van der Waals surface area contributed by atoms with Crippen LogP contribution in [0.4, 0.5) is 5.69 Å². The lowest BCUT2D eigenvalue weighted by molar-refractivity contribution is 0.0600. The monoisotopic (exact) mass is 352 g/mol. The van der Waals surface area contributed by atoms with Crippen molar-refractivity contribution in [3.05, 3.63) is 70.9 Å². The van der Waals surface area contributed by atoms with Crippen molar-refractivity contribution >= 4 is 28.9 Å². The number of thiazole rings is 1. The molecule has 3 rings (SSSR count). The molecule has 0 saturated carbocycles. The number of rotatable bonds is 4. The van der Waals surface area contributed by atoms with Gasteiger partial charge in [-0.25, -0.2) is 9.78 Å². The molecule has 0 aliphatic heterocycles. The third-order valence-electron chi connectivity index (χ3n) is 3.55. The van der Waals surface area contributed by atoms with Crippen LogP contribution in [0.5, 0.6) is 0 Å². The summed E-state index contributed by atoms with van der Waals surface area (Å²) in [7, 11) is 1.33. The predicted octanol–water partition coefficient (Wildman–Crippen LogP) is 4.16. The smallest absolute Gasteiger partial charge is 0.337 e. The Bertz CT molecular complexity index is 902. The van der Waals surface area contributed by atoms with Crippen molar-refractivity contribution in [2.75, 3.05) is 12.4 Å². The van der Waals surface area contributed by atoms with Crippen LogP contribution in [0, 0.1) is 6.92 Å². The fourth-order valence-electron chi connectivity index (χ4n) is 2.36. The summed E-state index contributed by atoms with van der Waals surface area (Å²) in [6.45, 7) is 1.87. The standard InChI is InChI=1S/C19H16N2O3S/c1-12-20-16(17(25-12)13-6-4-3-5-7-13)18(22)21-15-10-8-14(9-11-15)19(23)24-2/h3-11H,1-2H3,(H,21,22). The lowest BCUT2D eigenvalue weighted by Crippen LogP contribution is -2.13. The lowest BCUT2D eigenvalue weighted by Gasteiger charge is -2.06. The van der Waals surface area contributed by atoms with Crippen LogP contribution in [0.1, 0.15) is 25.9 Å². The second kappa shape index (κ2) is 7.27. The van der Waals surface area contributed by atoms with Gasteiger partial charge in [-0.2, -0.15) is 0 Å². The summed E-state index contributed by atoms with van der Waals surface area (Å²) < 4.78 is 4.66. The molecular weight excluding hydrogens is 336 g/mol. The Hall–Kier alpha value is -2.99. The van der Waals surface area contributed by atoms with Crippen LogP contribution in [0.15, 0.2) is 54.6 Å². The number of methoxy groups -OCH3 is 1. The van der Waals surface area contributed by atoms with Crippen molar-refractivity contribution in [3.8, 4) is 10.4 Å². The molecule has 1 aromatic heterocycles. The van der Waals surface area contributed by atoms with E-state index in [4.69, 9.17) is 0 Å². The van der Waals surface area contributed by atoms with E-state index in [0.717, 1.165) is 15.4 Å². The van der Waals surface area contributed by atoms with Crippen molar-refractivity contribution in [2.24, 2.45) is 0 Å².